The number of nitrogens with one attached hydrogen (secondary N) is 1. The highest BCUT2D eigenvalue weighted by Crippen LogP contribution is 2.35. The van der Waals surface area contributed by atoms with Crippen molar-refractivity contribution in [1.82, 2.24) is 15.3 Å². The van der Waals surface area contributed by atoms with Gasteiger partial charge in [0.05, 0.1) is 27.2 Å². The van der Waals surface area contributed by atoms with Crippen molar-refractivity contribution in [2.75, 3.05) is 18.0 Å². The van der Waals surface area contributed by atoms with Gasteiger partial charge in [0.2, 0.25) is 0 Å². The molecule has 35 heavy (non-hydrogen) atoms. The van der Waals surface area contributed by atoms with E-state index in [0.29, 0.717) is 19.3 Å². The van der Waals surface area contributed by atoms with Gasteiger partial charge in [0.1, 0.15) is 16.6 Å². The number of nitrogens with zero attached hydrogens (tertiary/aromatic N) is 3. The lowest BCUT2D eigenvalue weighted by atomic mass is 10.1. The highest BCUT2D eigenvalue weighted by molar-refractivity contribution is 6.41. The van der Waals surface area contributed by atoms with Crippen LogP contribution in [0.2, 0.25) is 15.2 Å². The number of alkyl carbamates (subject to hydrolysis) is 1. The van der Waals surface area contributed by atoms with Crippen LogP contribution in [0.5, 0.6) is 0 Å². The molecule has 1 aliphatic rings. The first-order valence-corrected chi connectivity index (χ1v) is 10.9. The molecule has 0 radical (unpaired) electrons. The van der Waals surface area contributed by atoms with Crippen LogP contribution in [0.15, 0.2) is 24.5 Å². The summed E-state index contributed by atoms with van der Waals surface area (Å²) in [4.78, 5) is 20.3. The Kier molecular flexibility index (Phi) is 8.99. The number of hydrogen-bond acceptors (Lipinski definition) is 5. The number of amides is 1. The zero-order valence-electron chi connectivity index (χ0n) is 18.4. The number of halogens is 9. The first-order valence-electron chi connectivity index (χ1n) is 9.72. The van der Waals surface area contributed by atoms with E-state index in [-0.39, 0.29) is 27.1 Å². The Hall–Kier alpha value is -2.18. The van der Waals surface area contributed by atoms with E-state index in [4.69, 9.17) is 39.5 Å². The molecule has 0 unspecified atom stereocenters. The molecule has 0 aromatic carbocycles. The van der Waals surface area contributed by atoms with Gasteiger partial charge in [0.15, 0.2) is 0 Å². The average Bonchev–Trinajstić information content (AvgIpc) is 2.64. The number of carbonyl (C=O) groups excluding carboxylic acids is 1. The van der Waals surface area contributed by atoms with Crippen molar-refractivity contribution in [2.24, 2.45) is 0 Å². The topological polar surface area (TPSA) is 67.3 Å². The van der Waals surface area contributed by atoms with Crippen molar-refractivity contribution < 1.29 is 35.9 Å². The fraction of sp³-hybridized carbons (Fsp3) is 0.450. The van der Waals surface area contributed by atoms with Crippen molar-refractivity contribution in [2.45, 2.75) is 44.8 Å². The van der Waals surface area contributed by atoms with Gasteiger partial charge in [0.25, 0.3) is 0 Å². The summed E-state index contributed by atoms with van der Waals surface area (Å²) in [6, 6.07) is 1.42. The highest BCUT2D eigenvalue weighted by atomic mass is 35.5. The monoisotopic (exact) mass is 566 g/mol. The second-order valence-corrected chi connectivity index (χ2v) is 9.44. The van der Waals surface area contributed by atoms with Gasteiger partial charge < -0.3 is 15.0 Å². The van der Waals surface area contributed by atoms with Gasteiger partial charge >= 0.3 is 18.4 Å². The van der Waals surface area contributed by atoms with E-state index in [2.05, 4.69) is 15.3 Å². The van der Waals surface area contributed by atoms with E-state index in [1.54, 1.807) is 25.7 Å². The van der Waals surface area contributed by atoms with E-state index in [0.717, 1.165) is 18.3 Å². The van der Waals surface area contributed by atoms with E-state index >= 15 is 0 Å². The van der Waals surface area contributed by atoms with E-state index in [9.17, 15) is 31.1 Å². The Morgan fingerprint density at radius 3 is 1.86 bits per heavy atom. The number of rotatable bonds is 2. The lowest BCUT2D eigenvalue weighted by Gasteiger charge is -2.40. The summed E-state index contributed by atoms with van der Waals surface area (Å²) in [5.41, 5.74) is -2.39. The van der Waals surface area contributed by atoms with Gasteiger partial charge in [-0.15, -0.1) is 0 Å². The van der Waals surface area contributed by atoms with Gasteiger partial charge in [-0.2, -0.15) is 26.3 Å². The third-order valence-corrected chi connectivity index (χ3v) is 5.14. The lowest BCUT2D eigenvalue weighted by Crippen LogP contribution is -2.60. The summed E-state index contributed by atoms with van der Waals surface area (Å²) in [6.07, 6.45) is -8.07. The first kappa shape index (κ1) is 29.1. The van der Waals surface area contributed by atoms with Crippen LogP contribution in [0.3, 0.4) is 0 Å². The van der Waals surface area contributed by atoms with Crippen LogP contribution in [-0.4, -0.2) is 40.8 Å². The molecule has 3 heterocycles. The largest absolute Gasteiger partial charge is 0.444 e. The van der Waals surface area contributed by atoms with Crippen LogP contribution in [0.4, 0.5) is 37.0 Å². The molecule has 3 rings (SSSR count). The summed E-state index contributed by atoms with van der Waals surface area (Å²) in [5.74, 6) is 0.266. The molecule has 0 spiro atoms. The first-order chi connectivity index (χ1) is 15.9. The molecule has 1 aliphatic heterocycles. The molecule has 194 valence electrons. The molecular weight excluding hydrogens is 549 g/mol. The number of hydrogen-bond donors (Lipinski definition) is 1. The molecule has 2 aromatic heterocycles. The van der Waals surface area contributed by atoms with Crippen LogP contribution in [0.25, 0.3) is 0 Å². The third-order valence-electron chi connectivity index (χ3n) is 4.17. The van der Waals surface area contributed by atoms with Crippen LogP contribution in [0, 0.1) is 0 Å². The normalized spacial score (nSPS) is 14.6. The molecule has 1 N–H and O–H groups in total. The van der Waals surface area contributed by atoms with Gasteiger partial charge in [0, 0.05) is 25.5 Å². The number of anilines is 1. The second kappa shape index (κ2) is 10.8. The fourth-order valence-corrected chi connectivity index (χ4v) is 3.17. The fourth-order valence-electron chi connectivity index (χ4n) is 2.61. The SMILES string of the molecule is CC(C)(C)OC(=O)NC1CN(c2ncc(C(F)(F)F)cc2Cl)C1.FC(F)(F)c1cnc(Cl)c(Cl)c1. The minimum atomic E-state index is -4.48. The van der Waals surface area contributed by atoms with Crippen molar-refractivity contribution in [1.29, 1.82) is 0 Å². The zero-order valence-corrected chi connectivity index (χ0v) is 20.6. The predicted molar refractivity (Wildman–Crippen MR) is 119 cm³/mol. The van der Waals surface area contributed by atoms with Crippen molar-refractivity contribution in [3.63, 3.8) is 0 Å². The third kappa shape index (κ3) is 8.76. The van der Waals surface area contributed by atoms with E-state index in [1.165, 1.54) is 0 Å². The lowest BCUT2D eigenvalue weighted by molar-refractivity contribution is -0.138. The molecule has 0 atom stereocenters. The maximum Gasteiger partial charge on any atom is 0.417 e. The summed E-state index contributed by atoms with van der Waals surface area (Å²) < 4.78 is 78.7. The van der Waals surface area contributed by atoms with Gasteiger partial charge in [-0.3, -0.25) is 0 Å². The second-order valence-electron chi connectivity index (χ2n) is 8.27. The van der Waals surface area contributed by atoms with Crippen molar-refractivity contribution in [3.05, 3.63) is 50.9 Å². The van der Waals surface area contributed by atoms with Crippen LogP contribution < -0.4 is 10.2 Å². The minimum absolute atomic E-state index is 0.0736. The Morgan fingerprint density at radius 2 is 1.43 bits per heavy atom. The molecule has 6 nitrogen and oxygen atoms in total. The van der Waals surface area contributed by atoms with Crippen molar-refractivity contribution >= 4 is 46.7 Å². The molecule has 1 fully saturated rings. The smallest absolute Gasteiger partial charge is 0.417 e. The summed E-state index contributed by atoms with van der Waals surface area (Å²) in [6.45, 7) is 6.07. The maximum absolute atomic E-state index is 12.6. The Labute approximate surface area is 211 Å². The van der Waals surface area contributed by atoms with Crippen LogP contribution >= 0.6 is 34.8 Å². The Morgan fingerprint density at radius 1 is 0.943 bits per heavy atom. The molecule has 0 saturated carbocycles. The van der Waals surface area contributed by atoms with Crippen LogP contribution in [-0.2, 0) is 17.1 Å². The number of ether oxygens (including phenoxy) is 1. The Bertz CT molecular complexity index is 1050. The number of carbonyl (C=O) groups is 1. The quantitative estimate of drug-likeness (QED) is 0.317. The standard InChI is InChI=1S/C14H17ClF3N3O2.C6H2Cl2F3N/c1-13(2,3)23-12(22)20-9-6-21(7-9)11-10(15)4-8(5-19-11)14(16,17)18;7-4-1-3(6(9,10)11)2-12-5(4)8/h4-5,9H,6-7H2,1-3H3,(H,20,22);1-2H. The summed E-state index contributed by atoms with van der Waals surface area (Å²) >= 11 is 16.5. The molecule has 1 amide bonds. The zero-order chi connectivity index (χ0) is 26.8. The van der Waals surface area contributed by atoms with E-state index < -0.39 is 35.2 Å². The number of pyridine rings is 2. The summed E-state index contributed by atoms with van der Waals surface area (Å²) in [7, 11) is 0. The molecule has 2 aromatic rings. The molecule has 15 heteroatoms. The van der Waals surface area contributed by atoms with E-state index in [1.807, 2.05) is 0 Å². The van der Waals surface area contributed by atoms with Gasteiger partial charge in [-0.05, 0) is 32.9 Å². The molecule has 1 saturated heterocycles. The highest BCUT2D eigenvalue weighted by Gasteiger charge is 2.35. The molecular formula is C20H19Cl3F6N4O2. The number of aromatic nitrogens is 2. The maximum atomic E-state index is 12.6. The average molecular weight is 568 g/mol. The minimum Gasteiger partial charge on any atom is -0.444 e. The van der Waals surface area contributed by atoms with Crippen LogP contribution in [0.1, 0.15) is 31.9 Å². The van der Waals surface area contributed by atoms with Gasteiger partial charge in [-0.25, -0.2) is 14.8 Å². The summed E-state index contributed by atoms with van der Waals surface area (Å²) in [5, 5.41) is 2.26. The molecule has 0 aliphatic carbocycles. The molecule has 0 bridgehead atoms. The van der Waals surface area contributed by atoms with Crippen molar-refractivity contribution in [3.8, 4) is 0 Å². The predicted octanol–water partition coefficient (Wildman–Crippen LogP) is 6.87. The Balaban J connectivity index is 0.000000303. The van der Waals surface area contributed by atoms with Gasteiger partial charge in [-0.1, -0.05) is 34.8 Å². The number of alkyl halides is 6.